The summed E-state index contributed by atoms with van der Waals surface area (Å²) in [5, 5.41) is 12.2. The van der Waals surface area contributed by atoms with Gasteiger partial charge in [0, 0.05) is 17.2 Å². The lowest BCUT2D eigenvalue weighted by atomic mass is 10.1. The molecule has 0 saturated heterocycles. The first kappa shape index (κ1) is 21.6. The van der Waals surface area contributed by atoms with Crippen LogP contribution in [-0.2, 0) is 14.9 Å². The SMILES string of the molecule is CC(OC(=O)Nc1ccoc1-c1ccc(-c2ccc(C3(C(=O)O)CC3)o2)cc1)c1ccccc1. The van der Waals surface area contributed by atoms with Crippen molar-refractivity contribution >= 4 is 17.7 Å². The molecule has 2 aromatic carbocycles. The Labute approximate surface area is 196 Å². The van der Waals surface area contributed by atoms with Gasteiger partial charge in [0.1, 0.15) is 23.0 Å². The van der Waals surface area contributed by atoms with Gasteiger partial charge in [-0.15, -0.1) is 0 Å². The van der Waals surface area contributed by atoms with Crippen LogP contribution in [0.3, 0.4) is 0 Å². The molecule has 34 heavy (non-hydrogen) atoms. The van der Waals surface area contributed by atoms with Crippen molar-refractivity contribution in [2.75, 3.05) is 5.32 Å². The fourth-order valence-corrected chi connectivity index (χ4v) is 3.95. The number of benzene rings is 2. The van der Waals surface area contributed by atoms with Gasteiger partial charge in [-0.25, -0.2) is 4.79 Å². The van der Waals surface area contributed by atoms with Crippen molar-refractivity contribution in [3.8, 4) is 22.6 Å². The Kier molecular flexibility index (Phi) is 5.45. The van der Waals surface area contributed by atoms with Crippen LogP contribution in [0.5, 0.6) is 0 Å². The maximum Gasteiger partial charge on any atom is 0.412 e. The minimum atomic E-state index is -0.875. The van der Waals surface area contributed by atoms with E-state index >= 15 is 0 Å². The van der Waals surface area contributed by atoms with Gasteiger partial charge in [-0.2, -0.15) is 0 Å². The predicted octanol–water partition coefficient (Wildman–Crippen LogP) is 6.63. The third-order valence-electron chi connectivity index (χ3n) is 6.12. The molecule has 7 nitrogen and oxygen atoms in total. The molecule has 1 unspecified atom stereocenters. The molecular formula is C27H23NO6. The molecule has 0 radical (unpaired) electrons. The molecule has 1 aliphatic rings. The Hall–Kier alpha value is -4.26. The van der Waals surface area contributed by atoms with E-state index in [9.17, 15) is 14.7 Å². The second kappa shape index (κ2) is 8.59. The number of ether oxygens (including phenoxy) is 1. The smallest absolute Gasteiger partial charge is 0.412 e. The van der Waals surface area contributed by atoms with Gasteiger partial charge in [0.05, 0.1) is 12.0 Å². The molecule has 2 N–H and O–H groups in total. The van der Waals surface area contributed by atoms with E-state index in [0.717, 1.165) is 16.7 Å². The number of carbonyl (C=O) groups excluding carboxylic acids is 1. The highest BCUT2D eigenvalue weighted by Gasteiger charge is 2.54. The van der Waals surface area contributed by atoms with E-state index in [2.05, 4.69) is 5.32 Å². The minimum absolute atomic E-state index is 0.398. The molecule has 1 aliphatic carbocycles. The molecule has 2 heterocycles. The number of hydrogen-bond acceptors (Lipinski definition) is 5. The van der Waals surface area contributed by atoms with Gasteiger partial charge in [0.25, 0.3) is 0 Å². The maximum atomic E-state index is 12.4. The van der Waals surface area contributed by atoms with Crippen molar-refractivity contribution in [2.45, 2.75) is 31.3 Å². The van der Waals surface area contributed by atoms with Crippen molar-refractivity contribution in [1.82, 2.24) is 0 Å². The zero-order chi connectivity index (χ0) is 23.7. The second-order valence-corrected chi connectivity index (χ2v) is 8.38. The first-order valence-electron chi connectivity index (χ1n) is 11.0. The molecule has 1 saturated carbocycles. The molecule has 0 aliphatic heterocycles. The average molecular weight is 457 g/mol. The molecular weight excluding hydrogens is 434 g/mol. The third-order valence-corrected chi connectivity index (χ3v) is 6.12. The van der Waals surface area contributed by atoms with Gasteiger partial charge < -0.3 is 18.7 Å². The van der Waals surface area contributed by atoms with Gasteiger partial charge in [-0.3, -0.25) is 10.1 Å². The summed E-state index contributed by atoms with van der Waals surface area (Å²) in [6.07, 6.45) is 1.71. The number of carboxylic acid groups (broad SMARTS) is 1. The molecule has 1 atom stereocenters. The summed E-state index contributed by atoms with van der Waals surface area (Å²) in [6.45, 7) is 1.81. The molecule has 2 aromatic heterocycles. The highest BCUT2D eigenvalue weighted by molar-refractivity contribution is 5.90. The van der Waals surface area contributed by atoms with Crippen LogP contribution in [0.1, 0.15) is 37.2 Å². The summed E-state index contributed by atoms with van der Waals surface area (Å²) in [5.74, 6) is 0.738. The Morgan fingerprint density at radius 1 is 0.971 bits per heavy atom. The van der Waals surface area contributed by atoms with Gasteiger partial charge in [-0.1, -0.05) is 54.6 Å². The van der Waals surface area contributed by atoms with Crippen LogP contribution in [0.15, 0.2) is 87.9 Å². The van der Waals surface area contributed by atoms with E-state index in [1.807, 2.05) is 61.5 Å². The average Bonchev–Trinajstić information content (AvgIpc) is 3.29. The fourth-order valence-electron chi connectivity index (χ4n) is 3.95. The minimum Gasteiger partial charge on any atom is -0.480 e. The Morgan fingerprint density at radius 2 is 1.68 bits per heavy atom. The number of aliphatic carboxylic acids is 1. The van der Waals surface area contributed by atoms with Gasteiger partial charge in [-0.05, 0) is 37.5 Å². The van der Waals surface area contributed by atoms with Gasteiger partial charge in [0.2, 0.25) is 0 Å². The third kappa shape index (κ3) is 4.08. The molecule has 7 heteroatoms. The Balaban J connectivity index is 1.28. The lowest BCUT2D eigenvalue weighted by molar-refractivity contribution is -0.140. The summed E-state index contributed by atoms with van der Waals surface area (Å²) in [6, 6.07) is 22.1. The number of anilines is 1. The van der Waals surface area contributed by atoms with E-state index in [1.54, 1.807) is 18.2 Å². The van der Waals surface area contributed by atoms with E-state index in [1.165, 1.54) is 6.26 Å². The quantitative estimate of drug-likeness (QED) is 0.323. The first-order valence-corrected chi connectivity index (χ1v) is 11.0. The van der Waals surface area contributed by atoms with Crippen LogP contribution < -0.4 is 5.32 Å². The second-order valence-electron chi connectivity index (χ2n) is 8.38. The number of nitrogens with one attached hydrogen (secondary N) is 1. The zero-order valence-corrected chi connectivity index (χ0v) is 18.5. The number of carbonyl (C=O) groups is 2. The van der Waals surface area contributed by atoms with Crippen LogP contribution in [0.2, 0.25) is 0 Å². The zero-order valence-electron chi connectivity index (χ0n) is 18.5. The van der Waals surface area contributed by atoms with Crippen LogP contribution >= 0.6 is 0 Å². The summed E-state index contributed by atoms with van der Waals surface area (Å²) in [4.78, 5) is 24.0. The molecule has 5 rings (SSSR count). The normalized spacial score (nSPS) is 14.9. The summed E-state index contributed by atoms with van der Waals surface area (Å²) >= 11 is 0. The monoisotopic (exact) mass is 457 g/mol. The molecule has 0 bridgehead atoms. The van der Waals surface area contributed by atoms with E-state index in [-0.39, 0.29) is 0 Å². The largest absolute Gasteiger partial charge is 0.480 e. The van der Waals surface area contributed by atoms with Crippen LogP contribution in [-0.4, -0.2) is 17.2 Å². The molecule has 1 fully saturated rings. The number of hydrogen-bond donors (Lipinski definition) is 2. The number of carboxylic acids is 1. The number of amides is 1. The Morgan fingerprint density at radius 3 is 2.35 bits per heavy atom. The summed E-state index contributed by atoms with van der Waals surface area (Å²) < 4.78 is 17.0. The Bertz CT molecular complexity index is 1310. The van der Waals surface area contributed by atoms with Gasteiger partial charge in [0.15, 0.2) is 5.76 Å². The predicted molar refractivity (Wildman–Crippen MR) is 125 cm³/mol. The topological polar surface area (TPSA) is 102 Å². The van der Waals surface area contributed by atoms with Crippen molar-refractivity contribution < 1.29 is 28.3 Å². The fraction of sp³-hybridized carbons (Fsp3) is 0.185. The number of furan rings is 2. The van der Waals surface area contributed by atoms with E-state index < -0.39 is 23.6 Å². The first-order chi connectivity index (χ1) is 16.5. The van der Waals surface area contributed by atoms with Crippen molar-refractivity contribution in [1.29, 1.82) is 0 Å². The van der Waals surface area contributed by atoms with Crippen molar-refractivity contribution in [3.05, 3.63) is 90.4 Å². The van der Waals surface area contributed by atoms with E-state index in [0.29, 0.717) is 35.8 Å². The highest BCUT2D eigenvalue weighted by atomic mass is 16.6. The van der Waals surface area contributed by atoms with Crippen molar-refractivity contribution in [2.24, 2.45) is 0 Å². The maximum absolute atomic E-state index is 12.4. The van der Waals surface area contributed by atoms with Gasteiger partial charge >= 0.3 is 12.1 Å². The summed E-state index contributed by atoms with van der Waals surface area (Å²) in [7, 11) is 0. The molecule has 1 amide bonds. The van der Waals surface area contributed by atoms with Crippen LogP contribution in [0.4, 0.5) is 10.5 Å². The highest BCUT2D eigenvalue weighted by Crippen LogP contribution is 2.49. The lowest BCUT2D eigenvalue weighted by Crippen LogP contribution is -2.18. The number of rotatable bonds is 7. The lowest BCUT2D eigenvalue weighted by Gasteiger charge is -2.14. The van der Waals surface area contributed by atoms with Crippen LogP contribution in [0, 0.1) is 0 Å². The molecule has 4 aromatic rings. The van der Waals surface area contributed by atoms with Crippen LogP contribution in [0.25, 0.3) is 22.6 Å². The standard InChI is InChI=1S/C27H23NO6/c1-17(18-5-3-2-4-6-18)33-26(31)28-21-13-16-32-24(21)20-9-7-19(8-10-20)22-11-12-23(34-22)27(14-15-27)25(29)30/h2-13,16-17H,14-15H2,1H3,(H,28,31)(H,29,30). The molecule has 172 valence electrons. The van der Waals surface area contributed by atoms with Crippen molar-refractivity contribution in [3.63, 3.8) is 0 Å². The summed E-state index contributed by atoms with van der Waals surface area (Å²) in [5.41, 5.74) is 2.09. The molecule has 0 spiro atoms. The van der Waals surface area contributed by atoms with E-state index in [4.69, 9.17) is 13.6 Å².